The van der Waals surface area contributed by atoms with Crippen LogP contribution in [-0.4, -0.2) is 4.98 Å². The lowest BCUT2D eigenvalue weighted by molar-refractivity contribution is -0.705. The van der Waals surface area contributed by atoms with Crippen LogP contribution < -0.4 is 4.57 Å². The van der Waals surface area contributed by atoms with Crippen molar-refractivity contribution >= 4 is 0 Å². The predicted octanol–water partition coefficient (Wildman–Crippen LogP) is 14.4. The van der Waals surface area contributed by atoms with E-state index in [2.05, 4.69) is 103 Å². The first-order valence-corrected chi connectivity index (χ1v) is 21.3. The summed E-state index contributed by atoms with van der Waals surface area (Å²) in [5.74, 6) is 1.87. The summed E-state index contributed by atoms with van der Waals surface area (Å²) in [5.41, 5.74) is 2.91. The van der Waals surface area contributed by atoms with Crippen LogP contribution in [0.1, 0.15) is 204 Å². The third-order valence-electron chi connectivity index (χ3n) is 11.3. The molecule has 2 nitrogen and oxygen atoms in total. The summed E-state index contributed by atoms with van der Waals surface area (Å²) < 4.78 is 2.59. The topological polar surface area (TPSA) is 19.7 Å². The molecule has 3 aromatic rings. The average Bonchev–Trinajstić information content (AvgIpc) is 3.59. The van der Waals surface area contributed by atoms with Crippen LogP contribution in [0.2, 0.25) is 0 Å². The molecule has 0 saturated carbocycles. The smallest absolute Gasteiger partial charge is 0.247 e. The highest BCUT2D eigenvalue weighted by Gasteiger charge is 2.41. The average molecular weight is 670 g/mol. The highest BCUT2D eigenvalue weighted by atomic mass is 15.1. The maximum absolute atomic E-state index is 3.82. The van der Waals surface area contributed by atoms with E-state index in [1.807, 2.05) is 0 Å². The Kier molecular flexibility index (Phi) is 22.2. The number of benzene rings is 2. The third kappa shape index (κ3) is 16.5. The number of aryl methyl sites for hydroxylation is 1. The van der Waals surface area contributed by atoms with Gasteiger partial charge in [0.2, 0.25) is 0 Å². The van der Waals surface area contributed by atoms with Gasteiger partial charge in [-0.1, -0.05) is 223 Å². The second-order valence-corrected chi connectivity index (χ2v) is 15.6. The number of imidazole rings is 1. The van der Waals surface area contributed by atoms with Crippen LogP contribution in [0.25, 0.3) is 0 Å². The zero-order valence-corrected chi connectivity index (χ0v) is 32.5. The molecule has 0 aliphatic heterocycles. The van der Waals surface area contributed by atoms with Crippen LogP contribution in [0.4, 0.5) is 0 Å². The molecule has 1 aromatic heterocycles. The van der Waals surface area contributed by atoms with Gasteiger partial charge in [0.05, 0.1) is 12.5 Å². The molecular formula is C47H77N2+. The number of hydrogen-bond acceptors (Lipinski definition) is 0. The molecule has 0 spiro atoms. The molecule has 2 heteroatoms. The first kappa shape index (κ1) is 41.1. The number of H-pyrrole nitrogens is 1. The molecular weight excluding hydrogens is 593 g/mol. The fraction of sp³-hybridized carbons (Fsp3) is 0.681. The van der Waals surface area contributed by atoms with Crippen molar-refractivity contribution in [2.75, 3.05) is 0 Å². The van der Waals surface area contributed by atoms with Crippen molar-refractivity contribution in [3.8, 4) is 0 Å². The Morgan fingerprint density at radius 3 is 1.45 bits per heavy atom. The SMILES string of the molecule is CCCCCCCCCCCCCCCC[n+]1cc[nH]c1C(CCCCCCCCCCCC)C(C)(Cc1ccccc1)c1ccccc1. The van der Waals surface area contributed by atoms with Crippen LogP contribution in [0, 0.1) is 0 Å². The van der Waals surface area contributed by atoms with Gasteiger partial charge in [-0.25, -0.2) is 9.55 Å². The van der Waals surface area contributed by atoms with E-state index in [4.69, 9.17) is 0 Å². The molecule has 2 aromatic carbocycles. The number of hydrogen-bond donors (Lipinski definition) is 1. The Bertz CT molecular complexity index is 1150. The quantitative estimate of drug-likeness (QED) is 0.0519. The summed E-state index contributed by atoms with van der Waals surface area (Å²) in [6.07, 6.45) is 40.4. The molecule has 0 bridgehead atoms. The molecule has 0 aliphatic rings. The minimum Gasteiger partial charge on any atom is -0.247 e. The van der Waals surface area contributed by atoms with Crippen molar-refractivity contribution in [3.63, 3.8) is 0 Å². The number of unbranched alkanes of at least 4 members (excludes halogenated alkanes) is 22. The standard InChI is InChI=1S/C47H76N2/c1-4-6-8-10-12-14-16-17-18-19-21-23-25-33-40-49-41-39-48-46(49)45(38-32-24-22-20-15-13-11-9-7-5-2)47(3,44-36-30-27-31-37-44)42-43-34-28-26-29-35-43/h26-31,34-37,39,41,45H,4-25,32-33,38,40,42H2,1-3H3/p+1. The van der Waals surface area contributed by atoms with Crippen molar-refractivity contribution in [3.05, 3.63) is 90.0 Å². The molecule has 2 atom stereocenters. The zero-order valence-electron chi connectivity index (χ0n) is 32.5. The molecule has 1 heterocycles. The van der Waals surface area contributed by atoms with Gasteiger partial charge in [0.25, 0.3) is 5.82 Å². The van der Waals surface area contributed by atoms with E-state index in [-0.39, 0.29) is 5.41 Å². The van der Waals surface area contributed by atoms with Crippen molar-refractivity contribution in [2.45, 2.75) is 206 Å². The minimum absolute atomic E-state index is 0.00397. The van der Waals surface area contributed by atoms with Crippen LogP contribution in [0.15, 0.2) is 73.1 Å². The predicted molar refractivity (Wildman–Crippen MR) is 214 cm³/mol. The van der Waals surface area contributed by atoms with Crippen LogP contribution in [0.3, 0.4) is 0 Å². The van der Waals surface area contributed by atoms with E-state index >= 15 is 0 Å². The lowest BCUT2D eigenvalue weighted by Gasteiger charge is -2.37. The fourth-order valence-electron chi connectivity index (χ4n) is 8.21. The van der Waals surface area contributed by atoms with Gasteiger partial charge in [0.1, 0.15) is 12.4 Å². The highest BCUT2D eigenvalue weighted by Crippen LogP contribution is 2.43. The van der Waals surface area contributed by atoms with E-state index in [1.165, 1.54) is 177 Å². The third-order valence-corrected chi connectivity index (χ3v) is 11.3. The van der Waals surface area contributed by atoms with Gasteiger partial charge < -0.3 is 0 Å². The molecule has 1 N–H and O–H groups in total. The van der Waals surface area contributed by atoms with E-state index in [9.17, 15) is 0 Å². The number of aromatic amines is 1. The molecule has 3 rings (SSSR count). The van der Waals surface area contributed by atoms with E-state index in [0.29, 0.717) is 5.92 Å². The highest BCUT2D eigenvalue weighted by molar-refractivity contribution is 5.32. The number of rotatable bonds is 31. The Balaban J connectivity index is 1.56. The number of aromatic nitrogens is 2. The first-order chi connectivity index (χ1) is 24.2. The van der Waals surface area contributed by atoms with Gasteiger partial charge in [-0.15, -0.1) is 0 Å². The van der Waals surface area contributed by atoms with Crippen molar-refractivity contribution < 1.29 is 4.57 Å². The van der Waals surface area contributed by atoms with Gasteiger partial charge in [-0.3, -0.25) is 0 Å². The first-order valence-electron chi connectivity index (χ1n) is 21.3. The maximum atomic E-state index is 3.82. The Hall–Kier alpha value is -2.35. The molecule has 0 saturated heterocycles. The normalized spacial score (nSPS) is 13.4. The Labute approximate surface area is 304 Å². The number of nitrogens with zero attached hydrogens (tertiary/aromatic N) is 1. The lowest BCUT2D eigenvalue weighted by Crippen LogP contribution is -2.43. The minimum atomic E-state index is 0.00397. The van der Waals surface area contributed by atoms with Crippen molar-refractivity contribution in [1.82, 2.24) is 4.98 Å². The van der Waals surface area contributed by atoms with Gasteiger partial charge in [-0.2, -0.15) is 0 Å². The molecule has 2 unspecified atom stereocenters. The molecule has 0 amide bonds. The summed E-state index contributed by atoms with van der Waals surface area (Å²) in [6, 6.07) is 22.7. The van der Waals surface area contributed by atoms with E-state index < -0.39 is 0 Å². The van der Waals surface area contributed by atoms with Crippen LogP contribution >= 0.6 is 0 Å². The summed E-state index contributed by atoms with van der Waals surface area (Å²) in [7, 11) is 0. The van der Waals surface area contributed by atoms with Crippen LogP contribution in [-0.2, 0) is 18.4 Å². The molecule has 274 valence electrons. The van der Waals surface area contributed by atoms with Crippen molar-refractivity contribution in [1.29, 1.82) is 0 Å². The van der Waals surface area contributed by atoms with E-state index in [0.717, 1.165) is 13.0 Å². The van der Waals surface area contributed by atoms with Crippen molar-refractivity contribution in [2.24, 2.45) is 0 Å². The summed E-state index contributed by atoms with van der Waals surface area (Å²) in [6.45, 7) is 8.29. The molecule has 0 aliphatic carbocycles. The van der Waals surface area contributed by atoms with Gasteiger partial charge >= 0.3 is 0 Å². The molecule has 49 heavy (non-hydrogen) atoms. The fourth-order valence-corrected chi connectivity index (χ4v) is 8.21. The van der Waals surface area contributed by atoms with Gasteiger partial charge in [0, 0.05) is 5.41 Å². The summed E-state index contributed by atoms with van der Waals surface area (Å²) in [4.78, 5) is 3.82. The maximum Gasteiger partial charge on any atom is 0.258 e. The second kappa shape index (κ2) is 26.5. The number of nitrogens with one attached hydrogen (secondary N) is 1. The monoisotopic (exact) mass is 670 g/mol. The Morgan fingerprint density at radius 2 is 0.959 bits per heavy atom. The van der Waals surface area contributed by atoms with Gasteiger partial charge in [-0.05, 0) is 36.8 Å². The molecule has 0 radical (unpaired) electrons. The lowest BCUT2D eigenvalue weighted by atomic mass is 9.66. The Morgan fingerprint density at radius 1 is 0.531 bits per heavy atom. The summed E-state index contributed by atoms with van der Waals surface area (Å²) >= 11 is 0. The van der Waals surface area contributed by atoms with Crippen LogP contribution in [0.5, 0.6) is 0 Å². The molecule has 0 fully saturated rings. The van der Waals surface area contributed by atoms with Gasteiger partial charge in [0.15, 0.2) is 0 Å². The largest absolute Gasteiger partial charge is 0.258 e. The van der Waals surface area contributed by atoms with E-state index in [1.54, 1.807) is 0 Å². The summed E-state index contributed by atoms with van der Waals surface area (Å²) in [5, 5.41) is 0. The zero-order chi connectivity index (χ0) is 34.7. The second-order valence-electron chi connectivity index (χ2n) is 15.6.